The summed E-state index contributed by atoms with van der Waals surface area (Å²) in [5, 5.41) is 20.6. The molecule has 0 saturated carbocycles. The van der Waals surface area contributed by atoms with Crippen LogP contribution in [0, 0.1) is 0 Å². The topological polar surface area (TPSA) is 99.1 Å². The van der Waals surface area contributed by atoms with Gasteiger partial charge in [0, 0.05) is 13.1 Å². The van der Waals surface area contributed by atoms with Crippen molar-refractivity contribution in [1.29, 1.82) is 0 Å². The average molecular weight is 296 g/mol. The van der Waals surface area contributed by atoms with E-state index < -0.39 is 12.0 Å². The molecule has 7 heteroatoms. The molecule has 0 saturated heterocycles. The van der Waals surface area contributed by atoms with Gasteiger partial charge in [0.15, 0.2) is 0 Å². The molecule has 3 N–H and O–H groups in total. The summed E-state index contributed by atoms with van der Waals surface area (Å²) in [5.41, 5.74) is 0.330. The fraction of sp³-hybridized carbons (Fsp3) is 0.429. The Kier molecular flexibility index (Phi) is 6.48. The second kappa shape index (κ2) is 8.11. The zero-order valence-electron chi connectivity index (χ0n) is 12.1. The number of rotatable bonds is 7. The van der Waals surface area contributed by atoms with E-state index in [4.69, 9.17) is 14.9 Å². The lowest BCUT2D eigenvalue weighted by molar-refractivity contribution is 0.0697. The van der Waals surface area contributed by atoms with Gasteiger partial charge in [-0.2, -0.15) is 0 Å². The van der Waals surface area contributed by atoms with E-state index in [2.05, 4.69) is 5.32 Å². The highest BCUT2D eigenvalue weighted by atomic mass is 16.5. The Balaban J connectivity index is 2.95. The third-order valence-electron chi connectivity index (χ3n) is 2.84. The summed E-state index contributed by atoms with van der Waals surface area (Å²) in [4.78, 5) is 24.6. The number of methoxy groups -OCH3 is 1. The number of nitrogens with zero attached hydrogens (tertiary/aromatic N) is 1. The quantitative estimate of drug-likeness (QED) is 0.710. The van der Waals surface area contributed by atoms with Gasteiger partial charge in [-0.1, -0.05) is 6.92 Å². The van der Waals surface area contributed by atoms with Gasteiger partial charge < -0.3 is 25.2 Å². The second-order valence-electron chi connectivity index (χ2n) is 4.36. The summed E-state index contributed by atoms with van der Waals surface area (Å²) in [5.74, 6) is -0.720. The van der Waals surface area contributed by atoms with E-state index in [1.807, 2.05) is 6.92 Å². The Labute approximate surface area is 123 Å². The maximum Gasteiger partial charge on any atom is 0.335 e. The number of carbonyl (C=O) groups excluding carboxylic acids is 1. The number of nitrogens with one attached hydrogen (secondary N) is 1. The van der Waals surface area contributed by atoms with Crippen molar-refractivity contribution in [2.24, 2.45) is 0 Å². The molecular formula is C14H20N2O5. The Morgan fingerprint density at radius 1 is 1.33 bits per heavy atom. The molecule has 0 aromatic heterocycles. The van der Waals surface area contributed by atoms with Crippen molar-refractivity contribution in [2.45, 2.75) is 13.3 Å². The first-order chi connectivity index (χ1) is 10.0. The van der Waals surface area contributed by atoms with Crippen molar-refractivity contribution in [3.05, 3.63) is 23.8 Å². The molecule has 0 aliphatic rings. The first-order valence-corrected chi connectivity index (χ1v) is 6.61. The highest BCUT2D eigenvalue weighted by Gasteiger charge is 2.16. The lowest BCUT2D eigenvalue weighted by Crippen LogP contribution is -2.37. The molecular weight excluding hydrogens is 276 g/mol. The van der Waals surface area contributed by atoms with E-state index >= 15 is 0 Å². The normalized spacial score (nSPS) is 10.0. The molecule has 0 atom stereocenters. The zero-order chi connectivity index (χ0) is 15.8. The van der Waals surface area contributed by atoms with Crippen LogP contribution in [0.4, 0.5) is 10.5 Å². The minimum atomic E-state index is -1.09. The number of amides is 2. The molecule has 1 aromatic carbocycles. The van der Waals surface area contributed by atoms with Gasteiger partial charge in [0.2, 0.25) is 0 Å². The van der Waals surface area contributed by atoms with E-state index in [0.29, 0.717) is 12.3 Å². The summed E-state index contributed by atoms with van der Waals surface area (Å²) in [6, 6.07) is 3.80. The molecule has 0 spiro atoms. The van der Waals surface area contributed by atoms with E-state index in [-0.39, 0.29) is 24.4 Å². The SMILES string of the molecule is CCCN(CCO)C(=O)Nc1cc(C(=O)O)ccc1OC. The fourth-order valence-electron chi connectivity index (χ4n) is 1.84. The van der Waals surface area contributed by atoms with Crippen molar-refractivity contribution in [3.8, 4) is 5.75 Å². The number of carbonyl (C=O) groups is 2. The van der Waals surface area contributed by atoms with Crippen LogP contribution in [0.5, 0.6) is 5.75 Å². The van der Waals surface area contributed by atoms with E-state index in [1.165, 1.54) is 30.2 Å². The van der Waals surface area contributed by atoms with Crippen LogP contribution >= 0.6 is 0 Å². The molecule has 0 radical (unpaired) electrons. The predicted octanol–water partition coefficient (Wildman–Crippen LogP) is 1.63. The summed E-state index contributed by atoms with van der Waals surface area (Å²) in [7, 11) is 1.43. The molecule has 0 heterocycles. The number of anilines is 1. The highest BCUT2D eigenvalue weighted by molar-refractivity contribution is 5.94. The summed E-state index contributed by atoms with van der Waals surface area (Å²) >= 11 is 0. The fourth-order valence-corrected chi connectivity index (χ4v) is 1.84. The average Bonchev–Trinajstić information content (AvgIpc) is 2.46. The van der Waals surface area contributed by atoms with Gasteiger partial charge >= 0.3 is 12.0 Å². The van der Waals surface area contributed by atoms with E-state index in [0.717, 1.165) is 6.42 Å². The van der Waals surface area contributed by atoms with E-state index in [9.17, 15) is 9.59 Å². The minimum Gasteiger partial charge on any atom is -0.495 e. The zero-order valence-corrected chi connectivity index (χ0v) is 12.1. The number of hydrogen-bond acceptors (Lipinski definition) is 4. The molecule has 0 fully saturated rings. The first-order valence-electron chi connectivity index (χ1n) is 6.61. The maximum atomic E-state index is 12.1. The molecule has 1 aromatic rings. The Hall–Kier alpha value is -2.28. The van der Waals surface area contributed by atoms with Crippen LogP contribution in [0.25, 0.3) is 0 Å². The highest BCUT2D eigenvalue weighted by Crippen LogP contribution is 2.25. The first kappa shape index (κ1) is 16.8. The number of urea groups is 1. The lowest BCUT2D eigenvalue weighted by Gasteiger charge is -2.22. The Morgan fingerprint density at radius 3 is 2.57 bits per heavy atom. The van der Waals surface area contributed by atoms with Gasteiger partial charge in [0.05, 0.1) is 25.0 Å². The number of aliphatic hydroxyl groups excluding tert-OH is 1. The van der Waals surface area contributed by atoms with Crippen molar-refractivity contribution >= 4 is 17.7 Å². The van der Waals surface area contributed by atoms with Crippen molar-refractivity contribution < 1.29 is 24.5 Å². The molecule has 0 bridgehead atoms. The Bertz CT molecular complexity index is 498. The van der Waals surface area contributed by atoms with Gasteiger partial charge in [-0.3, -0.25) is 0 Å². The molecule has 0 aliphatic heterocycles. The van der Waals surface area contributed by atoms with Crippen LogP contribution in [0.2, 0.25) is 0 Å². The van der Waals surface area contributed by atoms with Gasteiger partial charge in [-0.05, 0) is 24.6 Å². The minimum absolute atomic E-state index is 0.0512. The van der Waals surface area contributed by atoms with Gasteiger partial charge in [-0.15, -0.1) is 0 Å². The number of benzene rings is 1. The summed E-state index contributed by atoms with van der Waals surface area (Å²) < 4.78 is 5.11. The molecule has 21 heavy (non-hydrogen) atoms. The van der Waals surface area contributed by atoms with Gasteiger partial charge in [-0.25, -0.2) is 9.59 Å². The lowest BCUT2D eigenvalue weighted by atomic mass is 10.2. The number of carboxylic acids is 1. The van der Waals surface area contributed by atoms with Crippen molar-refractivity contribution in [2.75, 3.05) is 32.1 Å². The van der Waals surface area contributed by atoms with E-state index in [1.54, 1.807) is 0 Å². The summed E-state index contributed by atoms with van der Waals surface area (Å²) in [6.07, 6.45) is 0.750. The van der Waals surface area contributed by atoms with Crippen LogP contribution in [0.3, 0.4) is 0 Å². The molecule has 1 rings (SSSR count). The summed E-state index contributed by atoms with van der Waals surface area (Å²) in [6.45, 7) is 2.48. The largest absolute Gasteiger partial charge is 0.495 e. The Morgan fingerprint density at radius 2 is 2.05 bits per heavy atom. The number of aliphatic hydroxyl groups is 1. The third-order valence-corrected chi connectivity index (χ3v) is 2.84. The van der Waals surface area contributed by atoms with Crippen molar-refractivity contribution in [3.63, 3.8) is 0 Å². The van der Waals surface area contributed by atoms with Crippen LogP contribution in [0.15, 0.2) is 18.2 Å². The second-order valence-corrected chi connectivity index (χ2v) is 4.36. The van der Waals surface area contributed by atoms with Crippen LogP contribution < -0.4 is 10.1 Å². The van der Waals surface area contributed by atoms with Gasteiger partial charge in [0.1, 0.15) is 5.75 Å². The van der Waals surface area contributed by atoms with Gasteiger partial charge in [0.25, 0.3) is 0 Å². The predicted molar refractivity (Wildman–Crippen MR) is 77.9 cm³/mol. The van der Waals surface area contributed by atoms with Crippen molar-refractivity contribution in [1.82, 2.24) is 4.90 Å². The standard InChI is InChI=1S/C14H20N2O5/c1-3-6-16(7-8-17)14(20)15-11-9-10(13(18)19)4-5-12(11)21-2/h4-5,9,17H,3,6-8H2,1-2H3,(H,15,20)(H,18,19). The molecule has 2 amide bonds. The molecule has 116 valence electrons. The van der Waals surface area contributed by atoms with Crippen LogP contribution in [0.1, 0.15) is 23.7 Å². The van der Waals surface area contributed by atoms with Crippen LogP contribution in [-0.4, -0.2) is 53.9 Å². The molecule has 7 nitrogen and oxygen atoms in total. The number of aromatic carboxylic acids is 1. The number of hydrogen-bond donors (Lipinski definition) is 3. The third kappa shape index (κ3) is 4.64. The smallest absolute Gasteiger partial charge is 0.335 e. The monoisotopic (exact) mass is 296 g/mol. The number of carboxylic acid groups (broad SMARTS) is 1. The number of ether oxygens (including phenoxy) is 1. The van der Waals surface area contributed by atoms with Crippen LogP contribution in [-0.2, 0) is 0 Å². The maximum absolute atomic E-state index is 12.1. The molecule has 0 aliphatic carbocycles. The molecule has 0 unspecified atom stereocenters.